The Morgan fingerprint density at radius 2 is 1.52 bits per heavy atom. The molecule has 1 amide bonds. The van der Waals surface area contributed by atoms with E-state index >= 15 is 0 Å². The standard InChI is InChI=1S/C33H27F9N4O2/c1-45(2)29(47)26-15-24(32(37,38)39)21-14-19(7-8-25(21)43-26)46-11-9-30(10-12-46)16-18(17-30)13-22-27(44-48-28(22)33(40,41)42)20-5-3-4-6-23(20)31(34,35)36/h3-8,13-15H,9-12,16-17H2,1-2H3. The van der Waals surface area contributed by atoms with Gasteiger partial charge >= 0.3 is 18.5 Å². The van der Waals surface area contributed by atoms with Crippen LogP contribution in [0.3, 0.4) is 0 Å². The zero-order valence-electron chi connectivity index (χ0n) is 25.4. The molecule has 2 aromatic carbocycles. The Labute approximate surface area is 267 Å². The second kappa shape index (κ2) is 11.5. The van der Waals surface area contributed by atoms with Gasteiger partial charge in [-0.3, -0.25) is 4.79 Å². The van der Waals surface area contributed by atoms with Crippen molar-refractivity contribution in [3.63, 3.8) is 0 Å². The van der Waals surface area contributed by atoms with Gasteiger partial charge in [-0.25, -0.2) is 4.98 Å². The van der Waals surface area contributed by atoms with Crippen LogP contribution in [-0.4, -0.2) is 48.1 Å². The fraction of sp³-hybridized carbons (Fsp3) is 0.364. The van der Waals surface area contributed by atoms with Gasteiger partial charge in [-0.15, -0.1) is 0 Å². The summed E-state index contributed by atoms with van der Waals surface area (Å²) in [6.07, 6.45) is -11.4. The van der Waals surface area contributed by atoms with E-state index in [1.165, 1.54) is 38.4 Å². The molecule has 1 aliphatic heterocycles. The Kier molecular flexibility index (Phi) is 8.02. The molecular formula is C33H27F9N4O2. The lowest BCUT2D eigenvalue weighted by Gasteiger charge is -2.50. The van der Waals surface area contributed by atoms with E-state index in [0.29, 0.717) is 50.0 Å². The molecule has 0 unspecified atom stereocenters. The lowest BCUT2D eigenvalue weighted by atomic mass is 9.60. The van der Waals surface area contributed by atoms with Gasteiger partial charge in [0.25, 0.3) is 5.91 Å². The average Bonchev–Trinajstić information content (AvgIpc) is 3.42. The quantitative estimate of drug-likeness (QED) is 0.201. The van der Waals surface area contributed by atoms with Crippen LogP contribution in [0.1, 0.15) is 58.6 Å². The number of anilines is 1. The SMILES string of the molecule is CN(C)C(=O)c1cc(C(F)(F)F)c2cc(N3CCC4(CC3)CC(=Cc3c(-c5ccccc5C(F)(F)F)noc3C(F)(F)F)C4)ccc2n1. The van der Waals surface area contributed by atoms with E-state index in [9.17, 15) is 44.3 Å². The number of amides is 1. The van der Waals surface area contributed by atoms with Crippen molar-refractivity contribution in [3.8, 4) is 11.3 Å². The molecule has 1 saturated heterocycles. The lowest BCUT2D eigenvalue weighted by Crippen LogP contribution is -2.44. The number of hydrogen-bond donors (Lipinski definition) is 0. The molecule has 0 radical (unpaired) electrons. The normalized spacial score (nSPS) is 16.7. The topological polar surface area (TPSA) is 62.5 Å². The minimum Gasteiger partial charge on any atom is -0.371 e. The Morgan fingerprint density at radius 3 is 2.12 bits per heavy atom. The highest BCUT2D eigenvalue weighted by atomic mass is 19.4. The number of pyridine rings is 1. The van der Waals surface area contributed by atoms with Gasteiger partial charge in [0.1, 0.15) is 11.4 Å². The number of nitrogens with zero attached hydrogens (tertiary/aromatic N) is 4. The lowest BCUT2D eigenvalue weighted by molar-refractivity contribution is -0.155. The van der Waals surface area contributed by atoms with Crippen molar-refractivity contribution in [2.45, 2.75) is 44.2 Å². The predicted molar refractivity (Wildman–Crippen MR) is 158 cm³/mol. The third-order valence-electron chi connectivity index (χ3n) is 8.94. The van der Waals surface area contributed by atoms with E-state index in [0.717, 1.165) is 29.2 Å². The summed E-state index contributed by atoms with van der Waals surface area (Å²) in [5.41, 5.74) is -3.24. The van der Waals surface area contributed by atoms with Crippen LogP contribution in [-0.2, 0) is 18.5 Å². The summed E-state index contributed by atoms with van der Waals surface area (Å²) < 4.78 is 129. The summed E-state index contributed by atoms with van der Waals surface area (Å²) in [7, 11) is 2.83. The molecule has 2 aromatic heterocycles. The molecule has 15 heteroatoms. The first-order valence-corrected chi connectivity index (χ1v) is 14.8. The maximum absolute atomic E-state index is 14.1. The number of hydrogen-bond acceptors (Lipinski definition) is 5. The Balaban J connectivity index is 1.23. The molecule has 3 heterocycles. The number of alkyl halides is 9. The largest absolute Gasteiger partial charge is 0.453 e. The number of piperidine rings is 1. The molecule has 4 aromatic rings. The molecule has 1 aliphatic carbocycles. The van der Waals surface area contributed by atoms with E-state index in [-0.39, 0.29) is 22.0 Å². The van der Waals surface area contributed by atoms with Gasteiger partial charge < -0.3 is 14.3 Å². The zero-order valence-corrected chi connectivity index (χ0v) is 25.4. The summed E-state index contributed by atoms with van der Waals surface area (Å²) >= 11 is 0. The smallest absolute Gasteiger partial charge is 0.371 e. The summed E-state index contributed by atoms with van der Waals surface area (Å²) in [6, 6.07) is 9.42. The molecule has 1 saturated carbocycles. The number of carbonyl (C=O) groups excluding carboxylic acids is 1. The molecule has 2 fully saturated rings. The van der Waals surface area contributed by atoms with Crippen LogP contribution in [0.5, 0.6) is 0 Å². The molecule has 2 aliphatic rings. The third kappa shape index (κ3) is 6.21. The van der Waals surface area contributed by atoms with Crippen LogP contribution < -0.4 is 4.90 Å². The summed E-state index contributed by atoms with van der Waals surface area (Å²) in [4.78, 5) is 19.6. The fourth-order valence-corrected chi connectivity index (χ4v) is 6.56. The van der Waals surface area contributed by atoms with Crippen LogP contribution >= 0.6 is 0 Å². The molecule has 0 N–H and O–H groups in total. The van der Waals surface area contributed by atoms with Crippen LogP contribution in [0.25, 0.3) is 28.2 Å². The summed E-state index contributed by atoms with van der Waals surface area (Å²) in [5, 5.41) is 3.26. The van der Waals surface area contributed by atoms with Gasteiger partial charge in [0.2, 0.25) is 5.76 Å². The number of rotatable bonds is 4. The van der Waals surface area contributed by atoms with Crippen LogP contribution in [0.4, 0.5) is 45.2 Å². The molecule has 1 spiro atoms. The van der Waals surface area contributed by atoms with Crippen molar-refractivity contribution in [1.82, 2.24) is 15.0 Å². The minimum atomic E-state index is -5.00. The van der Waals surface area contributed by atoms with Gasteiger partial charge in [0.05, 0.1) is 22.2 Å². The first-order chi connectivity index (χ1) is 22.4. The number of allylic oxidation sites excluding steroid dienone is 1. The van der Waals surface area contributed by atoms with E-state index < -0.39 is 58.1 Å². The number of carbonyl (C=O) groups is 1. The van der Waals surface area contributed by atoms with Crippen molar-refractivity contribution in [2.75, 3.05) is 32.1 Å². The maximum Gasteiger partial charge on any atom is 0.453 e. The van der Waals surface area contributed by atoms with Crippen LogP contribution in [0.2, 0.25) is 0 Å². The molecule has 254 valence electrons. The average molecular weight is 683 g/mol. The fourth-order valence-electron chi connectivity index (χ4n) is 6.56. The van der Waals surface area contributed by atoms with E-state index in [2.05, 4.69) is 14.7 Å². The van der Waals surface area contributed by atoms with Crippen molar-refractivity contribution < 1.29 is 48.8 Å². The highest BCUT2D eigenvalue weighted by Gasteiger charge is 2.46. The predicted octanol–water partition coefficient (Wildman–Crippen LogP) is 9.11. The van der Waals surface area contributed by atoms with Crippen LogP contribution in [0.15, 0.2) is 58.6 Å². The van der Waals surface area contributed by atoms with Gasteiger partial charge in [-0.05, 0) is 67.5 Å². The zero-order chi connectivity index (χ0) is 34.8. The van der Waals surface area contributed by atoms with Gasteiger partial charge in [0, 0.05) is 43.8 Å². The van der Waals surface area contributed by atoms with E-state index in [1.54, 1.807) is 6.07 Å². The third-order valence-corrected chi connectivity index (χ3v) is 8.94. The number of halogens is 9. The number of benzene rings is 2. The molecular weight excluding hydrogens is 655 g/mol. The molecule has 6 rings (SSSR count). The molecule has 6 nitrogen and oxygen atoms in total. The molecule has 0 atom stereocenters. The second-order valence-electron chi connectivity index (χ2n) is 12.4. The van der Waals surface area contributed by atoms with E-state index in [1.807, 2.05) is 4.90 Å². The van der Waals surface area contributed by atoms with Crippen molar-refractivity contribution >= 4 is 28.6 Å². The maximum atomic E-state index is 14.1. The summed E-state index contributed by atoms with van der Waals surface area (Å²) in [6.45, 7) is 0.909. The molecule has 48 heavy (non-hydrogen) atoms. The summed E-state index contributed by atoms with van der Waals surface area (Å²) in [5.74, 6) is -2.15. The highest BCUT2D eigenvalue weighted by Crippen LogP contribution is 2.54. The van der Waals surface area contributed by atoms with E-state index in [4.69, 9.17) is 0 Å². The van der Waals surface area contributed by atoms with Gasteiger partial charge in [-0.2, -0.15) is 39.5 Å². The first kappa shape index (κ1) is 33.3. The van der Waals surface area contributed by atoms with Gasteiger partial charge in [0.15, 0.2) is 0 Å². The minimum absolute atomic E-state index is 0.0187. The van der Waals surface area contributed by atoms with Crippen molar-refractivity contribution in [3.05, 3.63) is 82.2 Å². The van der Waals surface area contributed by atoms with Crippen molar-refractivity contribution in [1.29, 1.82) is 0 Å². The highest BCUT2D eigenvalue weighted by molar-refractivity contribution is 5.96. The second-order valence-corrected chi connectivity index (χ2v) is 12.4. The monoisotopic (exact) mass is 682 g/mol. The van der Waals surface area contributed by atoms with Crippen LogP contribution in [0, 0.1) is 5.41 Å². The van der Waals surface area contributed by atoms with Gasteiger partial charge in [-0.1, -0.05) is 28.9 Å². The number of fused-ring (bicyclic) bond motifs is 1. The Bertz CT molecular complexity index is 1900. The Hall–Kier alpha value is -4.56. The number of aromatic nitrogens is 2. The molecule has 0 bridgehead atoms. The Morgan fingerprint density at radius 1 is 0.875 bits per heavy atom. The first-order valence-electron chi connectivity index (χ1n) is 14.8. The van der Waals surface area contributed by atoms with Crippen molar-refractivity contribution in [2.24, 2.45) is 5.41 Å².